The summed E-state index contributed by atoms with van der Waals surface area (Å²) in [6.07, 6.45) is 0. The van der Waals surface area contributed by atoms with E-state index < -0.39 is 0 Å². The molecule has 1 amide bonds. The summed E-state index contributed by atoms with van der Waals surface area (Å²) in [6.45, 7) is 2.92. The van der Waals surface area contributed by atoms with Crippen molar-refractivity contribution in [2.45, 2.75) is 13.8 Å². The standard InChI is InChI=1S/C4H7NO2S/c1-3(6)5-7-4(2)8/h1-2H3,(H,5,6). The average molecular weight is 133 g/mol. The van der Waals surface area contributed by atoms with Crippen LogP contribution in [0, 0.1) is 0 Å². The molecular formula is C4H7NO2S. The van der Waals surface area contributed by atoms with Crippen LogP contribution in [0.3, 0.4) is 0 Å². The first kappa shape index (κ1) is 7.36. The number of carbonyl (C=O) groups excluding carboxylic acids is 1. The van der Waals surface area contributed by atoms with Crippen LogP contribution in [-0.2, 0) is 9.63 Å². The smallest absolute Gasteiger partial charge is 0.249 e. The molecule has 0 heterocycles. The molecule has 8 heavy (non-hydrogen) atoms. The Bertz CT molecular complexity index is 98.6. The quantitative estimate of drug-likeness (QED) is 0.384. The first-order valence-electron chi connectivity index (χ1n) is 2.07. The summed E-state index contributed by atoms with van der Waals surface area (Å²) in [4.78, 5) is 14.5. The summed E-state index contributed by atoms with van der Waals surface area (Å²) in [7, 11) is 0. The second-order valence-corrected chi connectivity index (χ2v) is 1.83. The lowest BCUT2D eigenvalue weighted by Gasteiger charge is -1.98. The fourth-order valence-corrected chi connectivity index (χ4v) is 0.185. The molecule has 3 nitrogen and oxygen atoms in total. The third-order valence-electron chi connectivity index (χ3n) is 0.338. The fourth-order valence-electron chi connectivity index (χ4n) is 0.144. The molecule has 1 N–H and O–H groups in total. The lowest BCUT2D eigenvalue weighted by molar-refractivity contribution is -0.125. The van der Waals surface area contributed by atoms with E-state index in [0.717, 1.165) is 0 Å². The topological polar surface area (TPSA) is 38.3 Å². The van der Waals surface area contributed by atoms with Crippen LogP contribution in [0.5, 0.6) is 0 Å². The van der Waals surface area contributed by atoms with Crippen LogP contribution in [0.15, 0.2) is 0 Å². The van der Waals surface area contributed by atoms with E-state index in [1.807, 2.05) is 0 Å². The maximum Gasteiger partial charge on any atom is 0.249 e. The number of carbonyl (C=O) groups is 1. The third-order valence-corrected chi connectivity index (χ3v) is 0.422. The lowest BCUT2D eigenvalue weighted by Crippen LogP contribution is -2.21. The highest BCUT2D eigenvalue weighted by atomic mass is 32.1. The Labute approximate surface area is 53.0 Å². The number of nitrogens with one attached hydrogen (secondary N) is 1. The first-order valence-corrected chi connectivity index (χ1v) is 2.47. The molecule has 4 heteroatoms. The van der Waals surface area contributed by atoms with E-state index in [-0.39, 0.29) is 5.91 Å². The van der Waals surface area contributed by atoms with E-state index in [1.165, 1.54) is 6.92 Å². The van der Waals surface area contributed by atoms with E-state index in [2.05, 4.69) is 22.5 Å². The van der Waals surface area contributed by atoms with Gasteiger partial charge in [0.2, 0.25) is 5.91 Å². The minimum absolute atomic E-state index is 0.255. The van der Waals surface area contributed by atoms with Gasteiger partial charge in [0.1, 0.15) is 0 Å². The summed E-state index contributed by atoms with van der Waals surface area (Å²) in [5.41, 5.74) is 2.06. The Morgan fingerprint density at radius 3 is 2.25 bits per heavy atom. The normalized spacial score (nSPS) is 7.75. The number of amides is 1. The zero-order valence-corrected chi connectivity index (χ0v) is 5.54. The minimum atomic E-state index is -0.255. The number of thiocarbonyl (C=S) groups is 1. The van der Waals surface area contributed by atoms with Gasteiger partial charge in [-0.25, -0.2) is 0 Å². The maximum atomic E-state index is 10.1. The Morgan fingerprint density at radius 2 is 2.12 bits per heavy atom. The van der Waals surface area contributed by atoms with Crippen LogP contribution in [0.1, 0.15) is 13.8 Å². The molecule has 0 aromatic carbocycles. The van der Waals surface area contributed by atoms with Gasteiger partial charge in [0.05, 0.1) is 0 Å². The van der Waals surface area contributed by atoms with Crippen LogP contribution >= 0.6 is 12.2 Å². The van der Waals surface area contributed by atoms with E-state index in [0.29, 0.717) is 5.05 Å². The molecule has 0 bridgehead atoms. The van der Waals surface area contributed by atoms with Gasteiger partial charge in [0, 0.05) is 13.8 Å². The zero-order valence-electron chi connectivity index (χ0n) is 4.72. The van der Waals surface area contributed by atoms with Crippen LogP contribution in [0.4, 0.5) is 0 Å². The molecule has 0 aliphatic carbocycles. The van der Waals surface area contributed by atoms with Gasteiger partial charge >= 0.3 is 0 Å². The van der Waals surface area contributed by atoms with E-state index in [1.54, 1.807) is 6.92 Å². The van der Waals surface area contributed by atoms with Gasteiger partial charge in [-0.1, -0.05) is 0 Å². The van der Waals surface area contributed by atoms with Gasteiger partial charge in [0.25, 0.3) is 0 Å². The van der Waals surface area contributed by atoms with Crippen LogP contribution in [0.2, 0.25) is 0 Å². The van der Waals surface area contributed by atoms with Crippen molar-refractivity contribution < 1.29 is 9.63 Å². The first-order chi connectivity index (χ1) is 3.63. The fraction of sp³-hybridized carbons (Fsp3) is 0.500. The Morgan fingerprint density at radius 1 is 1.62 bits per heavy atom. The molecular weight excluding hydrogens is 126 g/mol. The van der Waals surface area contributed by atoms with Crippen molar-refractivity contribution in [1.82, 2.24) is 5.48 Å². The lowest BCUT2D eigenvalue weighted by atomic mass is 10.8. The molecule has 0 aliphatic rings. The van der Waals surface area contributed by atoms with Crippen molar-refractivity contribution in [3.63, 3.8) is 0 Å². The molecule has 0 fully saturated rings. The number of hydroxylamine groups is 1. The van der Waals surface area contributed by atoms with Crippen molar-refractivity contribution in [2.24, 2.45) is 0 Å². The highest BCUT2D eigenvalue weighted by Crippen LogP contribution is 1.72. The van der Waals surface area contributed by atoms with Gasteiger partial charge in [-0.2, -0.15) is 5.48 Å². The van der Waals surface area contributed by atoms with Gasteiger partial charge in [-0.15, -0.1) is 0 Å². The molecule has 0 radical (unpaired) electrons. The highest BCUT2D eigenvalue weighted by Gasteiger charge is 1.88. The van der Waals surface area contributed by atoms with Gasteiger partial charge in [-0.3, -0.25) is 4.79 Å². The number of rotatable bonds is 0. The zero-order chi connectivity index (χ0) is 6.57. The van der Waals surface area contributed by atoms with Gasteiger partial charge in [0.15, 0.2) is 5.05 Å². The van der Waals surface area contributed by atoms with E-state index in [4.69, 9.17) is 0 Å². The molecule has 0 aliphatic heterocycles. The molecule has 0 atom stereocenters. The Balaban J connectivity index is 3.18. The molecule has 0 spiro atoms. The van der Waals surface area contributed by atoms with Crippen LogP contribution < -0.4 is 5.48 Å². The summed E-state index contributed by atoms with van der Waals surface area (Å²) >= 11 is 4.48. The molecule has 0 unspecified atom stereocenters. The molecule has 0 rings (SSSR count). The van der Waals surface area contributed by atoms with Crippen molar-refractivity contribution >= 4 is 23.2 Å². The maximum absolute atomic E-state index is 10.1. The third kappa shape index (κ3) is 5.36. The Kier molecular flexibility index (Phi) is 3.10. The predicted octanol–water partition coefficient (Wildman–Crippen LogP) is 0.401. The van der Waals surface area contributed by atoms with E-state index in [9.17, 15) is 4.79 Å². The summed E-state index contributed by atoms with van der Waals surface area (Å²) in [5.74, 6) is -0.255. The second-order valence-electron chi connectivity index (χ2n) is 1.25. The summed E-state index contributed by atoms with van der Waals surface area (Å²) in [6, 6.07) is 0. The molecule has 0 saturated carbocycles. The predicted molar refractivity (Wildman–Crippen MR) is 33.2 cm³/mol. The highest BCUT2D eigenvalue weighted by molar-refractivity contribution is 7.80. The summed E-state index contributed by atoms with van der Waals surface area (Å²) < 4.78 is 0. The van der Waals surface area contributed by atoms with Crippen molar-refractivity contribution in [2.75, 3.05) is 0 Å². The van der Waals surface area contributed by atoms with Crippen molar-refractivity contribution in [1.29, 1.82) is 0 Å². The monoisotopic (exact) mass is 133 g/mol. The SMILES string of the molecule is CC(=O)NOC(C)=S. The number of hydrogen-bond donors (Lipinski definition) is 1. The minimum Gasteiger partial charge on any atom is -0.373 e. The number of hydrogen-bond acceptors (Lipinski definition) is 3. The average Bonchev–Trinajstić information content (AvgIpc) is 1.61. The second kappa shape index (κ2) is 3.37. The van der Waals surface area contributed by atoms with Crippen LogP contribution in [-0.4, -0.2) is 11.0 Å². The largest absolute Gasteiger partial charge is 0.373 e. The van der Waals surface area contributed by atoms with Crippen LogP contribution in [0.25, 0.3) is 0 Å². The molecule has 0 aromatic heterocycles. The Hall–Kier alpha value is -0.640. The molecule has 46 valence electrons. The van der Waals surface area contributed by atoms with E-state index >= 15 is 0 Å². The van der Waals surface area contributed by atoms with Crippen molar-refractivity contribution in [3.8, 4) is 0 Å². The van der Waals surface area contributed by atoms with Gasteiger partial charge in [-0.05, 0) is 12.2 Å². The van der Waals surface area contributed by atoms with Gasteiger partial charge < -0.3 is 4.84 Å². The summed E-state index contributed by atoms with van der Waals surface area (Å²) in [5, 5.41) is 0.306. The van der Waals surface area contributed by atoms with Crippen molar-refractivity contribution in [3.05, 3.63) is 0 Å². The molecule has 0 aromatic rings. The molecule has 0 saturated heterocycles.